The van der Waals surface area contributed by atoms with Crippen LogP contribution in [0.5, 0.6) is 0 Å². The fourth-order valence-electron chi connectivity index (χ4n) is 6.85. The van der Waals surface area contributed by atoms with E-state index >= 15 is 4.39 Å². The molecule has 4 fully saturated rings. The van der Waals surface area contributed by atoms with Crippen molar-refractivity contribution >= 4 is 17.7 Å². The van der Waals surface area contributed by atoms with Gasteiger partial charge in [-0.1, -0.05) is 6.07 Å². The molecular weight excluding hydrogens is 501 g/mol. The average Bonchev–Trinajstić information content (AvgIpc) is 3.50. The summed E-state index contributed by atoms with van der Waals surface area (Å²) >= 11 is 0. The minimum Gasteiger partial charge on any atom is -0.444 e. The number of fused-ring (bicyclic) bond motifs is 3. The molecule has 3 heterocycles. The second-order valence-corrected chi connectivity index (χ2v) is 12.5. The van der Waals surface area contributed by atoms with Crippen LogP contribution in [-0.2, 0) is 20.7 Å². The molecule has 0 spiro atoms. The Kier molecular flexibility index (Phi) is 7.75. The number of nitrogens with one attached hydrogen (secondary N) is 1. The SMILES string of the molecule is CN1COC[C@H]2CN(c3ccc(C[C@@H](C#N)NC(=O)[C@@H]4[C@H]5CC[C@H](C5)N4C(=O)OC(C)(C)C)c(F)c3)CC[C@@H]21. The summed E-state index contributed by atoms with van der Waals surface area (Å²) < 4.78 is 26.5. The summed E-state index contributed by atoms with van der Waals surface area (Å²) in [5.74, 6) is -0.350. The second-order valence-electron chi connectivity index (χ2n) is 12.5. The van der Waals surface area contributed by atoms with Crippen LogP contribution in [0.2, 0.25) is 0 Å². The smallest absolute Gasteiger partial charge is 0.411 e. The third-order valence-electron chi connectivity index (χ3n) is 8.64. The third kappa shape index (κ3) is 5.85. The summed E-state index contributed by atoms with van der Waals surface area (Å²) in [6.07, 6.45) is 3.00. The number of amides is 2. The Balaban J connectivity index is 1.22. The normalized spacial score (nSPS) is 29.5. The van der Waals surface area contributed by atoms with Crippen molar-refractivity contribution < 1.29 is 23.5 Å². The lowest BCUT2D eigenvalue weighted by molar-refractivity contribution is -0.128. The fraction of sp³-hybridized carbons (Fsp3) is 0.690. The highest BCUT2D eigenvalue weighted by atomic mass is 19.1. The number of carbonyl (C=O) groups excluding carboxylic acids is 2. The number of hydrogen-bond donors (Lipinski definition) is 1. The monoisotopic (exact) mass is 541 g/mol. The largest absolute Gasteiger partial charge is 0.444 e. The molecule has 0 aromatic heterocycles. The van der Waals surface area contributed by atoms with Gasteiger partial charge in [-0.05, 0) is 77.1 Å². The van der Waals surface area contributed by atoms with Gasteiger partial charge in [-0.2, -0.15) is 5.26 Å². The van der Waals surface area contributed by atoms with E-state index in [0.717, 1.165) is 44.5 Å². The molecule has 39 heavy (non-hydrogen) atoms. The average molecular weight is 542 g/mol. The van der Waals surface area contributed by atoms with Crippen LogP contribution in [0.15, 0.2) is 18.2 Å². The van der Waals surface area contributed by atoms with Crippen molar-refractivity contribution in [2.45, 2.75) is 82.6 Å². The number of hydrogen-bond acceptors (Lipinski definition) is 7. The Hall–Kier alpha value is -2.90. The molecule has 1 aliphatic carbocycles. The van der Waals surface area contributed by atoms with Crippen LogP contribution >= 0.6 is 0 Å². The maximum Gasteiger partial charge on any atom is 0.411 e. The van der Waals surface area contributed by atoms with E-state index in [-0.39, 0.29) is 24.3 Å². The van der Waals surface area contributed by atoms with Crippen molar-refractivity contribution in [1.29, 1.82) is 5.26 Å². The molecule has 10 heteroatoms. The Morgan fingerprint density at radius 1 is 1.26 bits per heavy atom. The molecule has 4 aliphatic rings. The van der Waals surface area contributed by atoms with Gasteiger partial charge in [0.15, 0.2) is 0 Å². The number of ether oxygens (including phenoxy) is 2. The summed E-state index contributed by atoms with van der Waals surface area (Å²) in [6.45, 7) is 8.41. The number of rotatable bonds is 5. The van der Waals surface area contributed by atoms with E-state index in [1.54, 1.807) is 31.7 Å². The van der Waals surface area contributed by atoms with Crippen LogP contribution < -0.4 is 10.2 Å². The number of carbonyl (C=O) groups is 2. The van der Waals surface area contributed by atoms with E-state index in [9.17, 15) is 14.9 Å². The molecule has 9 nitrogen and oxygen atoms in total. The van der Waals surface area contributed by atoms with Gasteiger partial charge in [0.05, 0.1) is 19.4 Å². The predicted molar refractivity (Wildman–Crippen MR) is 143 cm³/mol. The van der Waals surface area contributed by atoms with Gasteiger partial charge in [0, 0.05) is 43.2 Å². The van der Waals surface area contributed by atoms with Crippen molar-refractivity contribution in [3.63, 3.8) is 0 Å². The van der Waals surface area contributed by atoms with Crippen LogP contribution in [0.1, 0.15) is 52.0 Å². The zero-order chi connectivity index (χ0) is 27.9. The molecular formula is C29H40FN5O4. The number of nitrogens with zero attached hydrogens (tertiary/aromatic N) is 4. The number of likely N-dealkylation sites (tertiary alicyclic amines) is 1. The molecule has 2 bridgehead atoms. The highest BCUT2D eigenvalue weighted by Crippen LogP contribution is 2.43. The van der Waals surface area contributed by atoms with Crippen molar-refractivity contribution in [2.75, 3.05) is 38.4 Å². The van der Waals surface area contributed by atoms with E-state index in [1.165, 1.54) is 6.07 Å². The van der Waals surface area contributed by atoms with Crippen LogP contribution in [0.4, 0.5) is 14.9 Å². The van der Waals surface area contributed by atoms with Gasteiger partial charge in [-0.3, -0.25) is 14.6 Å². The van der Waals surface area contributed by atoms with Crippen LogP contribution in [0, 0.1) is 29.0 Å². The highest BCUT2D eigenvalue weighted by Gasteiger charge is 2.52. The summed E-state index contributed by atoms with van der Waals surface area (Å²) in [6, 6.07) is 6.11. The van der Waals surface area contributed by atoms with Crippen LogP contribution in [0.25, 0.3) is 0 Å². The molecule has 1 aromatic carbocycles. The molecule has 5 rings (SSSR count). The van der Waals surface area contributed by atoms with Gasteiger partial charge in [0.1, 0.15) is 23.5 Å². The molecule has 212 valence electrons. The maximum atomic E-state index is 15.2. The van der Waals surface area contributed by atoms with Gasteiger partial charge < -0.3 is 19.7 Å². The lowest BCUT2D eigenvalue weighted by Gasteiger charge is -2.46. The Morgan fingerprint density at radius 2 is 2.05 bits per heavy atom. The molecule has 3 aliphatic heterocycles. The maximum absolute atomic E-state index is 15.2. The third-order valence-corrected chi connectivity index (χ3v) is 8.64. The number of halogens is 1. The number of anilines is 1. The van der Waals surface area contributed by atoms with Crippen molar-refractivity contribution in [3.8, 4) is 6.07 Å². The summed E-state index contributed by atoms with van der Waals surface area (Å²) in [7, 11) is 2.08. The van der Waals surface area contributed by atoms with Crippen LogP contribution in [-0.4, -0.2) is 85.0 Å². The van der Waals surface area contributed by atoms with Crippen molar-refractivity contribution in [2.24, 2.45) is 11.8 Å². The van der Waals surface area contributed by atoms with E-state index in [1.807, 2.05) is 6.07 Å². The molecule has 1 saturated carbocycles. The van der Waals surface area contributed by atoms with E-state index in [0.29, 0.717) is 30.9 Å². The molecule has 0 radical (unpaired) electrons. The quantitative estimate of drug-likeness (QED) is 0.611. The summed E-state index contributed by atoms with van der Waals surface area (Å²) in [4.78, 5) is 32.2. The molecule has 1 N–H and O–H groups in total. The first-order valence-electron chi connectivity index (χ1n) is 14.1. The minimum absolute atomic E-state index is 0.0308. The lowest BCUT2D eigenvalue weighted by Crippen LogP contribution is -2.55. The Morgan fingerprint density at radius 3 is 2.77 bits per heavy atom. The Bertz CT molecular complexity index is 1130. The number of piperidine rings is 2. The van der Waals surface area contributed by atoms with Crippen molar-refractivity contribution in [3.05, 3.63) is 29.6 Å². The lowest BCUT2D eigenvalue weighted by atomic mass is 9.90. The van der Waals surface area contributed by atoms with E-state index < -0.39 is 29.6 Å². The van der Waals surface area contributed by atoms with Crippen LogP contribution in [0.3, 0.4) is 0 Å². The topological polar surface area (TPSA) is 98.1 Å². The van der Waals surface area contributed by atoms with E-state index in [2.05, 4.69) is 28.2 Å². The van der Waals surface area contributed by atoms with Gasteiger partial charge in [-0.15, -0.1) is 0 Å². The van der Waals surface area contributed by atoms with Gasteiger partial charge in [0.2, 0.25) is 5.91 Å². The van der Waals surface area contributed by atoms with Gasteiger partial charge >= 0.3 is 6.09 Å². The number of benzene rings is 1. The highest BCUT2D eigenvalue weighted by molar-refractivity contribution is 5.87. The molecule has 3 saturated heterocycles. The zero-order valence-corrected chi connectivity index (χ0v) is 23.4. The summed E-state index contributed by atoms with van der Waals surface area (Å²) in [5, 5.41) is 12.6. The van der Waals surface area contributed by atoms with Gasteiger partial charge in [-0.25, -0.2) is 9.18 Å². The fourth-order valence-corrected chi connectivity index (χ4v) is 6.85. The number of nitriles is 1. The molecule has 0 unspecified atom stereocenters. The van der Waals surface area contributed by atoms with E-state index in [4.69, 9.17) is 9.47 Å². The predicted octanol–water partition coefficient (Wildman–Crippen LogP) is 3.28. The van der Waals surface area contributed by atoms with Gasteiger partial charge in [0.25, 0.3) is 0 Å². The minimum atomic E-state index is -0.914. The Labute approximate surface area is 230 Å². The summed E-state index contributed by atoms with van der Waals surface area (Å²) in [5.41, 5.74) is 0.517. The zero-order valence-electron chi connectivity index (χ0n) is 23.4. The molecule has 2 amide bonds. The standard InChI is InChI=1S/C29H40FN5O4/c1-29(2,3)39-28(37)35-23-8-6-19(12-23)26(35)27(36)32-21(14-31)11-18-5-7-22(13-24(18)30)34-10-9-25-20(15-34)16-38-17-33(25)4/h5,7,13,19-21,23,25-26H,6,8-12,15-17H2,1-4H3,(H,32,36)/t19-,20+,21-,23+,25-,26-/m0/s1. The first-order valence-corrected chi connectivity index (χ1v) is 14.1. The second kappa shape index (κ2) is 10.9. The van der Waals surface area contributed by atoms with Crippen molar-refractivity contribution in [1.82, 2.24) is 15.1 Å². The first-order chi connectivity index (χ1) is 18.5. The molecule has 6 atom stereocenters. The molecule has 1 aromatic rings. The first kappa shape index (κ1) is 27.7.